The van der Waals surface area contributed by atoms with Gasteiger partial charge in [0.1, 0.15) is 6.04 Å². The molecule has 2 aliphatic rings. The molecule has 2 aromatic carbocycles. The number of nitrogens with one attached hydrogen (secondary N) is 1. The Kier molecular flexibility index (Phi) is 7.04. The number of likely N-dealkylation sites (tertiary alicyclic amines) is 1. The standard InChI is InChI=1S/C26H33N3O5S/c1-25(2,27)24(31)28-21(17-34-16-19-8-4-3-5-9-19)23(30)29-14-12-26(13-15-29)18-35(32,33)22-11-7-6-10-20(22)26/h3-11,21H,12-18,27H2,1-2H3,(H,28,31)/p+1/t21-/m1/s1. The molecule has 0 saturated carbocycles. The second kappa shape index (κ2) is 9.72. The molecule has 8 nitrogen and oxygen atoms in total. The molecule has 0 unspecified atom stereocenters. The fourth-order valence-corrected chi connectivity index (χ4v) is 7.11. The number of quaternary nitrogens is 1. The summed E-state index contributed by atoms with van der Waals surface area (Å²) in [5.41, 5.74) is 4.34. The van der Waals surface area contributed by atoms with Crippen molar-refractivity contribution in [3.8, 4) is 0 Å². The Labute approximate surface area is 206 Å². The van der Waals surface area contributed by atoms with Crippen LogP contribution in [0.15, 0.2) is 59.5 Å². The van der Waals surface area contributed by atoms with Gasteiger partial charge in [-0.2, -0.15) is 0 Å². The van der Waals surface area contributed by atoms with Gasteiger partial charge in [-0.25, -0.2) is 8.42 Å². The van der Waals surface area contributed by atoms with Crippen LogP contribution in [0.4, 0.5) is 0 Å². The summed E-state index contributed by atoms with van der Waals surface area (Å²) >= 11 is 0. The van der Waals surface area contributed by atoms with E-state index in [4.69, 9.17) is 4.74 Å². The Morgan fingerprint density at radius 3 is 2.37 bits per heavy atom. The van der Waals surface area contributed by atoms with Crippen LogP contribution in [0.3, 0.4) is 0 Å². The van der Waals surface area contributed by atoms with Gasteiger partial charge in [-0.3, -0.25) is 9.59 Å². The molecular weight excluding hydrogens is 466 g/mol. The maximum atomic E-state index is 13.5. The largest absolute Gasteiger partial charge is 0.374 e. The summed E-state index contributed by atoms with van der Waals surface area (Å²) in [6.45, 7) is 4.58. The average Bonchev–Trinajstić information content (AvgIpc) is 3.05. The van der Waals surface area contributed by atoms with Gasteiger partial charge in [-0.05, 0) is 43.9 Å². The summed E-state index contributed by atoms with van der Waals surface area (Å²) in [4.78, 5) is 28.2. The third kappa shape index (κ3) is 5.42. The van der Waals surface area contributed by atoms with E-state index in [1.165, 1.54) is 0 Å². The molecular formula is C26H34N3O5S+. The molecule has 2 aliphatic heterocycles. The first-order valence-electron chi connectivity index (χ1n) is 11.9. The van der Waals surface area contributed by atoms with Gasteiger partial charge in [-0.15, -0.1) is 0 Å². The van der Waals surface area contributed by atoms with E-state index in [0.717, 1.165) is 11.1 Å². The summed E-state index contributed by atoms with van der Waals surface area (Å²) < 4.78 is 31.3. The molecule has 0 bridgehead atoms. The number of carbonyl (C=O) groups is 2. The molecule has 9 heteroatoms. The van der Waals surface area contributed by atoms with Crippen LogP contribution in [0.5, 0.6) is 0 Å². The molecule has 1 saturated heterocycles. The lowest BCUT2D eigenvalue weighted by molar-refractivity contribution is -0.446. The maximum Gasteiger partial charge on any atom is 0.281 e. The predicted molar refractivity (Wildman–Crippen MR) is 131 cm³/mol. The summed E-state index contributed by atoms with van der Waals surface area (Å²) in [7, 11) is -3.33. The lowest BCUT2D eigenvalue weighted by Gasteiger charge is -2.40. The second-order valence-electron chi connectivity index (χ2n) is 10.3. The van der Waals surface area contributed by atoms with Crippen molar-refractivity contribution in [2.45, 2.75) is 55.2 Å². The van der Waals surface area contributed by atoms with Crippen LogP contribution in [-0.2, 0) is 36.2 Å². The lowest BCUT2D eigenvalue weighted by atomic mass is 9.74. The Hall–Kier alpha value is -2.75. The minimum absolute atomic E-state index is 0.0361. The Balaban J connectivity index is 1.45. The molecule has 1 fully saturated rings. The number of amides is 2. The monoisotopic (exact) mass is 500 g/mol. The number of fused-ring (bicyclic) bond motifs is 2. The Morgan fingerprint density at radius 1 is 1.09 bits per heavy atom. The highest BCUT2D eigenvalue weighted by molar-refractivity contribution is 7.91. The van der Waals surface area contributed by atoms with E-state index in [1.54, 1.807) is 30.9 Å². The number of rotatable bonds is 7. The van der Waals surface area contributed by atoms with E-state index in [9.17, 15) is 18.0 Å². The van der Waals surface area contributed by atoms with E-state index in [2.05, 4.69) is 11.1 Å². The smallest absolute Gasteiger partial charge is 0.281 e. The van der Waals surface area contributed by atoms with Crippen LogP contribution in [-0.4, -0.2) is 62.2 Å². The van der Waals surface area contributed by atoms with E-state index >= 15 is 0 Å². The van der Waals surface area contributed by atoms with Gasteiger partial charge in [0.05, 0.1) is 23.9 Å². The van der Waals surface area contributed by atoms with Crippen molar-refractivity contribution in [1.29, 1.82) is 0 Å². The van der Waals surface area contributed by atoms with Crippen LogP contribution in [0.2, 0.25) is 0 Å². The number of piperidine rings is 1. The second-order valence-corrected chi connectivity index (χ2v) is 12.2. The Bertz CT molecular complexity index is 1180. The molecule has 1 atom stereocenters. The Morgan fingerprint density at radius 2 is 1.71 bits per heavy atom. The van der Waals surface area contributed by atoms with E-state index in [1.807, 2.05) is 42.5 Å². The third-order valence-electron chi connectivity index (χ3n) is 6.91. The van der Waals surface area contributed by atoms with Crippen LogP contribution in [0.25, 0.3) is 0 Å². The summed E-state index contributed by atoms with van der Waals surface area (Å²) in [5.74, 6) is -0.472. The SMILES string of the molecule is CC(C)([NH3+])C(=O)N[C@H](COCc1ccccc1)C(=O)N1CCC2(CC1)CS(=O)(=O)c1ccccc12. The van der Waals surface area contributed by atoms with Gasteiger partial charge in [0.25, 0.3) is 5.91 Å². The number of sulfone groups is 1. The van der Waals surface area contributed by atoms with Gasteiger partial charge >= 0.3 is 0 Å². The fraction of sp³-hybridized carbons (Fsp3) is 0.462. The van der Waals surface area contributed by atoms with Crippen LogP contribution in [0, 0.1) is 0 Å². The molecule has 35 heavy (non-hydrogen) atoms. The number of carbonyl (C=O) groups excluding carboxylic acids is 2. The van der Waals surface area contributed by atoms with E-state index in [-0.39, 0.29) is 24.2 Å². The van der Waals surface area contributed by atoms with Crippen molar-refractivity contribution in [1.82, 2.24) is 10.2 Å². The number of nitrogens with zero attached hydrogens (tertiary/aromatic N) is 1. The van der Waals surface area contributed by atoms with Crippen molar-refractivity contribution >= 4 is 21.7 Å². The topological polar surface area (TPSA) is 120 Å². The lowest BCUT2D eigenvalue weighted by Crippen LogP contribution is -2.76. The minimum Gasteiger partial charge on any atom is -0.374 e. The quantitative estimate of drug-likeness (QED) is 0.589. The first kappa shape index (κ1) is 25.3. The zero-order valence-electron chi connectivity index (χ0n) is 20.3. The van der Waals surface area contributed by atoms with Crippen molar-refractivity contribution in [3.63, 3.8) is 0 Å². The first-order chi connectivity index (χ1) is 16.5. The maximum absolute atomic E-state index is 13.5. The summed E-state index contributed by atoms with van der Waals surface area (Å²) in [5, 5.41) is 2.82. The number of hydrogen-bond donors (Lipinski definition) is 2. The zero-order valence-corrected chi connectivity index (χ0v) is 21.1. The molecule has 2 amide bonds. The summed E-state index contributed by atoms with van der Waals surface area (Å²) in [6, 6.07) is 16.0. The van der Waals surface area contributed by atoms with Gasteiger partial charge in [0.2, 0.25) is 5.91 Å². The molecule has 4 rings (SSSR count). The first-order valence-corrected chi connectivity index (χ1v) is 13.6. The van der Waals surface area contributed by atoms with E-state index < -0.39 is 26.8 Å². The normalized spacial score (nSPS) is 19.2. The molecule has 2 heterocycles. The van der Waals surface area contributed by atoms with Crippen LogP contribution < -0.4 is 11.1 Å². The van der Waals surface area contributed by atoms with E-state index in [0.29, 0.717) is 37.4 Å². The number of ether oxygens (including phenoxy) is 1. The highest BCUT2D eigenvalue weighted by Crippen LogP contribution is 2.46. The van der Waals surface area contributed by atoms with Crippen molar-refractivity contribution in [2.24, 2.45) is 0 Å². The molecule has 2 aromatic rings. The minimum atomic E-state index is -3.33. The number of hydrogen-bond acceptors (Lipinski definition) is 5. The van der Waals surface area contributed by atoms with Crippen molar-refractivity contribution in [3.05, 3.63) is 65.7 Å². The predicted octanol–water partition coefficient (Wildman–Crippen LogP) is 1.06. The van der Waals surface area contributed by atoms with Crippen molar-refractivity contribution in [2.75, 3.05) is 25.4 Å². The fourth-order valence-electron chi connectivity index (χ4n) is 4.88. The van der Waals surface area contributed by atoms with Crippen LogP contribution >= 0.6 is 0 Å². The molecule has 1 spiro atoms. The molecule has 4 N–H and O–H groups in total. The van der Waals surface area contributed by atoms with Crippen molar-refractivity contribution < 1.29 is 28.5 Å². The molecule has 188 valence electrons. The van der Waals surface area contributed by atoms with Gasteiger partial charge in [0.15, 0.2) is 15.4 Å². The van der Waals surface area contributed by atoms with Gasteiger partial charge < -0.3 is 20.7 Å². The van der Waals surface area contributed by atoms with Crippen LogP contribution in [0.1, 0.15) is 37.8 Å². The molecule has 0 aromatic heterocycles. The highest BCUT2D eigenvalue weighted by atomic mass is 32.2. The summed E-state index contributed by atoms with van der Waals surface area (Å²) in [6.07, 6.45) is 1.11. The van der Waals surface area contributed by atoms with Gasteiger partial charge in [-0.1, -0.05) is 48.5 Å². The average molecular weight is 501 g/mol. The zero-order chi connectivity index (χ0) is 25.3. The van der Waals surface area contributed by atoms with Gasteiger partial charge in [0, 0.05) is 18.5 Å². The number of benzene rings is 2. The third-order valence-corrected chi connectivity index (χ3v) is 8.86. The molecule has 0 radical (unpaired) electrons. The molecule has 0 aliphatic carbocycles. The highest BCUT2D eigenvalue weighted by Gasteiger charge is 2.49.